The van der Waals surface area contributed by atoms with Crippen molar-refractivity contribution in [2.24, 2.45) is 0 Å². The zero-order valence-electron chi connectivity index (χ0n) is 10.9. The normalized spacial score (nSPS) is 10.8. The van der Waals surface area contributed by atoms with E-state index >= 15 is 0 Å². The van der Waals surface area contributed by atoms with Crippen LogP contribution in [0.3, 0.4) is 0 Å². The fourth-order valence-electron chi connectivity index (χ4n) is 2.02. The summed E-state index contributed by atoms with van der Waals surface area (Å²) in [5, 5.41) is 3.41. The molecule has 4 nitrogen and oxygen atoms in total. The van der Waals surface area contributed by atoms with Crippen LogP contribution in [0.1, 0.15) is 16.2 Å². The van der Waals surface area contributed by atoms with E-state index in [1.165, 1.54) is 0 Å². The van der Waals surface area contributed by atoms with Gasteiger partial charge >= 0.3 is 0 Å². The van der Waals surface area contributed by atoms with Gasteiger partial charge in [-0.05, 0) is 46.3 Å². The first-order chi connectivity index (χ1) is 10.1. The largest absolute Gasteiger partial charge is 0.345 e. The molecule has 3 aromatic rings. The molecule has 6 heteroatoms. The first kappa shape index (κ1) is 14.1. The summed E-state index contributed by atoms with van der Waals surface area (Å²) < 4.78 is 0.664. The van der Waals surface area contributed by atoms with Crippen molar-refractivity contribution in [3.05, 3.63) is 63.3 Å². The van der Waals surface area contributed by atoms with E-state index in [0.29, 0.717) is 21.6 Å². The average molecular weight is 365 g/mol. The molecule has 2 N–H and O–H groups in total. The highest BCUT2D eigenvalue weighted by molar-refractivity contribution is 9.10. The van der Waals surface area contributed by atoms with E-state index in [1.54, 1.807) is 18.2 Å². The summed E-state index contributed by atoms with van der Waals surface area (Å²) in [5.74, 6) is 0.536. The lowest BCUT2D eigenvalue weighted by molar-refractivity contribution is 0.0949. The molecule has 0 aliphatic carbocycles. The molecule has 3 rings (SSSR count). The monoisotopic (exact) mass is 363 g/mol. The highest BCUT2D eigenvalue weighted by Gasteiger charge is 2.11. The van der Waals surface area contributed by atoms with Crippen LogP contribution in [-0.4, -0.2) is 15.9 Å². The van der Waals surface area contributed by atoms with E-state index in [2.05, 4.69) is 31.2 Å². The molecule has 0 unspecified atom stereocenters. The molecule has 0 fully saturated rings. The Morgan fingerprint density at radius 1 is 1.29 bits per heavy atom. The number of aromatic amines is 1. The maximum absolute atomic E-state index is 12.1. The Morgan fingerprint density at radius 3 is 2.86 bits per heavy atom. The SMILES string of the molecule is O=C(NCc1nc2ccccc2[nH]1)c1ccc(Cl)cc1Br. The van der Waals surface area contributed by atoms with Gasteiger partial charge in [-0.15, -0.1) is 0 Å². The van der Waals surface area contributed by atoms with Crippen LogP contribution in [0.4, 0.5) is 0 Å². The topological polar surface area (TPSA) is 57.8 Å². The molecule has 21 heavy (non-hydrogen) atoms. The predicted octanol–water partition coefficient (Wildman–Crippen LogP) is 3.91. The van der Waals surface area contributed by atoms with Gasteiger partial charge < -0.3 is 10.3 Å². The first-order valence-corrected chi connectivity index (χ1v) is 7.47. The number of benzene rings is 2. The van der Waals surface area contributed by atoms with Crippen molar-refractivity contribution >= 4 is 44.5 Å². The number of fused-ring (bicyclic) bond motifs is 1. The van der Waals surface area contributed by atoms with Crippen molar-refractivity contribution in [2.75, 3.05) is 0 Å². The van der Waals surface area contributed by atoms with Gasteiger partial charge in [0.1, 0.15) is 5.82 Å². The average Bonchev–Trinajstić information content (AvgIpc) is 2.87. The van der Waals surface area contributed by atoms with Crippen molar-refractivity contribution in [1.29, 1.82) is 0 Å². The number of hydrogen-bond donors (Lipinski definition) is 2. The number of H-pyrrole nitrogens is 1. The van der Waals surface area contributed by atoms with Crippen LogP contribution in [0.15, 0.2) is 46.9 Å². The number of aromatic nitrogens is 2. The minimum atomic E-state index is -0.181. The molecule has 0 spiro atoms. The molecule has 1 amide bonds. The Hall–Kier alpha value is -1.85. The number of amides is 1. The number of nitrogens with zero attached hydrogens (tertiary/aromatic N) is 1. The molecule has 0 bridgehead atoms. The Kier molecular flexibility index (Phi) is 3.94. The minimum Gasteiger partial charge on any atom is -0.345 e. The second-order valence-corrected chi connectivity index (χ2v) is 5.80. The van der Waals surface area contributed by atoms with E-state index in [0.717, 1.165) is 16.9 Å². The summed E-state index contributed by atoms with van der Waals surface area (Å²) in [6.07, 6.45) is 0. The summed E-state index contributed by atoms with van der Waals surface area (Å²) in [6.45, 7) is 0.336. The number of imidazole rings is 1. The van der Waals surface area contributed by atoms with Crippen molar-refractivity contribution in [3.8, 4) is 0 Å². The second-order valence-electron chi connectivity index (χ2n) is 4.51. The van der Waals surface area contributed by atoms with Gasteiger partial charge in [0.2, 0.25) is 0 Å². The van der Waals surface area contributed by atoms with Gasteiger partial charge in [-0.25, -0.2) is 4.98 Å². The van der Waals surface area contributed by atoms with Gasteiger partial charge in [-0.3, -0.25) is 4.79 Å². The Balaban J connectivity index is 1.73. The predicted molar refractivity (Wildman–Crippen MR) is 86.4 cm³/mol. The molecule has 0 aliphatic rings. The van der Waals surface area contributed by atoms with E-state index < -0.39 is 0 Å². The van der Waals surface area contributed by atoms with Gasteiger partial charge in [-0.1, -0.05) is 23.7 Å². The molecule has 2 aromatic carbocycles. The lowest BCUT2D eigenvalue weighted by Crippen LogP contribution is -2.23. The quantitative estimate of drug-likeness (QED) is 0.740. The Bertz CT molecular complexity index is 783. The number of hydrogen-bond acceptors (Lipinski definition) is 2. The van der Waals surface area contributed by atoms with E-state index in [4.69, 9.17) is 11.6 Å². The molecule has 0 aliphatic heterocycles. The molecule has 106 valence electrons. The highest BCUT2D eigenvalue weighted by Crippen LogP contribution is 2.21. The second kappa shape index (κ2) is 5.87. The molecule has 0 atom stereocenters. The molecule has 0 radical (unpaired) electrons. The summed E-state index contributed by atoms with van der Waals surface area (Å²) in [5.41, 5.74) is 2.37. The zero-order chi connectivity index (χ0) is 14.8. The van der Waals surface area contributed by atoms with Crippen molar-refractivity contribution in [1.82, 2.24) is 15.3 Å². The fraction of sp³-hybridized carbons (Fsp3) is 0.0667. The summed E-state index contributed by atoms with van der Waals surface area (Å²) in [4.78, 5) is 19.7. The van der Waals surface area contributed by atoms with Crippen LogP contribution in [-0.2, 0) is 6.54 Å². The van der Waals surface area contributed by atoms with Crippen LogP contribution in [0.5, 0.6) is 0 Å². The molecule has 0 saturated carbocycles. The Morgan fingerprint density at radius 2 is 2.10 bits per heavy atom. The molecular weight excluding hydrogens is 354 g/mol. The van der Waals surface area contributed by atoms with Gasteiger partial charge in [-0.2, -0.15) is 0 Å². The van der Waals surface area contributed by atoms with Crippen LogP contribution in [0.25, 0.3) is 11.0 Å². The smallest absolute Gasteiger partial charge is 0.252 e. The highest BCUT2D eigenvalue weighted by atomic mass is 79.9. The van der Waals surface area contributed by atoms with Crippen LogP contribution < -0.4 is 5.32 Å². The van der Waals surface area contributed by atoms with E-state index in [1.807, 2.05) is 24.3 Å². The maximum atomic E-state index is 12.1. The summed E-state index contributed by atoms with van der Waals surface area (Å²) >= 11 is 9.20. The summed E-state index contributed by atoms with van der Waals surface area (Å²) in [7, 11) is 0. The maximum Gasteiger partial charge on any atom is 0.252 e. The Labute approximate surface area is 134 Å². The minimum absolute atomic E-state index is 0.181. The number of nitrogens with one attached hydrogen (secondary N) is 2. The number of rotatable bonds is 3. The van der Waals surface area contributed by atoms with Crippen molar-refractivity contribution in [2.45, 2.75) is 6.54 Å². The fourth-order valence-corrected chi connectivity index (χ4v) is 2.88. The van der Waals surface area contributed by atoms with Crippen LogP contribution in [0, 0.1) is 0 Å². The third-order valence-electron chi connectivity index (χ3n) is 3.03. The van der Waals surface area contributed by atoms with Crippen LogP contribution in [0.2, 0.25) is 5.02 Å². The number of carbonyl (C=O) groups excluding carboxylic acids is 1. The van der Waals surface area contributed by atoms with Crippen molar-refractivity contribution < 1.29 is 4.79 Å². The number of carbonyl (C=O) groups is 1. The molecule has 1 heterocycles. The number of para-hydroxylation sites is 2. The third kappa shape index (κ3) is 3.09. The van der Waals surface area contributed by atoms with Gasteiger partial charge in [0.15, 0.2) is 0 Å². The number of halogens is 2. The molecular formula is C15H11BrClN3O. The molecule has 0 saturated heterocycles. The van der Waals surface area contributed by atoms with Gasteiger partial charge in [0, 0.05) is 9.50 Å². The zero-order valence-corrected chi connectivity index (χ0v) is 13.2. The third-order valence-corrected chi connectivity index (χ3v) is 3.92. The van der Waals surface area contributed by atoms with E-state index in [9.17, 15) is 4.79 Å². The van der Waals surface area contributed by atoms with Crippen molar-refractivity contribution in [3.63, 3.8) is 0 Å². The first-order valence-electron chi connectivity index (χ1n) is 6.30. The van der Waals surface area contributed by atoms with Gasteiger partial charge in [0.05, 0.1) is 23.1 Å². The van der Waals surface area contributed by atoms with Gasteiger partial charge in [0.25, 0.3) is 5.91 Å². The van der Waals surface area contributed by atoms with E-state index in [-0.39, 0.29) is 5.91 Å². The van der Waals surface area contributed by atoms with Crippen LogP contribution >= 0.6 is 27.5 Å². The summed E-state index contributed by atoms with van der Waals surface area (Å²) in [6, 6.07) is 12.8. The molecule has 1 aromatic heterocycles. The lowest BCUT2D eigenvalue weighted by Gasteiger charge is -2.05. The lowest BCUT2D eigenvalue weighted by atomic mass is 10.2. The standard InChI is InChI=1S/C15H11BrClN3O/c16-11-7-9(17)5-6-10(11)15(21)18-8-14-19-12-3-1-2-4-13(12)20-14/h1-7H,8H2,(H,18,21)(H,19,20).